The van der Waals surface area contributed by atoms with E-state index >= 15 is 0 Å². The summed E-state index contributed by atoms with van der Waals surface area (Å²) in [6.07, 6.45) is 14.2. The third kappa shape index (κ3) is 12.4. The lowest BCUT2D eigenvalue weighted by atomic mass is 10.1. The van der Waals surface area contributed by atoms with Crippen LogP contribution in [0, 0.1) is 0 Å². The normalized spacial score (nSPS) is 12.0. The lowest BCUT2D eigenvalue weighted by Gasteiger charge is -2.29. The molecule has 0 bridgehead atoms. The largest absolute Gasteiger partial charge is 0.327 e. The highest BCUT2D eigenvalue weighted by atomic mass is 15.3. The Balaban J connectivity index is 3.16. The van der Waals surface area contributed by atoms with Crippen LogP contribution in [0.25, 0.3) is 0 Å². The number of nitrogens with two attached hydrogens (primary N) is 1. The highest BCUT2D eigenvalue weighted by Gasteiger charge is 2.12. The van der Waals surface area contributed by atoms with Gasteiger partial charge in [-0.3, -0.25) is 0 Å². The van der Waals surface area contributed by atoms with Gasteiger partial charge in [-0.1, -0.05) is 58.3 Å². The molecule has 0 saturated heterocycles. The number of hydrogen-bond donors (Lipinski definition) is 1. The van der Waals surface area contributed by atoms with E-state index in [-0.39, 0.29) is 0 Å². The Morgan fingerprint density at radius 3 is 1.56 bits per heavy atom. The number of unbranched alkanes of at least 4 members (excludes halogenated alkanes) is 9. The van der Waals surface area contributed by atoms with Gasteiger partial charge in [0.2, 0.25) is 0 Å². The zero-order valence-electron chi connectivity index (χ0n) is 13.2. The molecule has 0 atom stereocenters. The van der Waals surface area contributed by atoms with Crippen LogP contribution in [-0.4, -0.2) is 38.2 Å². The van der Waals surface area contributed by atoms with E-state index in [4.69, 9.17) is 5.73 Å². The van der Waals surface area contributed by atoms with Gasteiger partial charge in [0.05, 0.1) is 27.2 Å². The average Bonchev–Trinajstić information content (AvgIpc) is 2.31. The molecule has 0 rings (SSSR count). The van der Waals surface area contributed by atoms with Gasteiger partial charge in [0.1, 0.15) is 0 Å². The lowest BCUT2D eigenvalue weighted by molar-refractivity contribution is -0.889. The van der Waals surface area contributed by atoms with Gasteiger partial charge in [-0.25, -0.2) is 0 Å². The van der Waals surface area contributed by atoms with Crippen molar-refractivity contribution >= 4 is 0 Å². The molecule has 0 aliphatic rings. The number of quaternary nitrogens is 1. The monoisotopic (exact) mass is 257 g/mol. The SMILES string of the molecule is CCCCCCCCCCCC[N+](C)(C)CCN. The first-order valence-electron chi connectivity index (χ1n) is 8.14. The molecule has 0 heterocycles. The summed E-state index contributed by atoms with van der Waals surface area (Å²) in [6.45, 7) is 5.49. The number of rotatable bonds is 13. The van der Waals surface area contributed by atoms with Crippen LogP contribution in [0.4, 0.5) is 0 Å². The zero-order chi connectivity index (χ0) is 13.7. The minimum atomic E-state index is 0.810. The highest BCUT2D eigenvalue weighted by Crippen LogP contribution is 2.11. The maximum absolute atomic E-state index is 5.62. The summed E-state index contributed by atoms with van der Waals surface area (Å²) in [6, 6.07) is 0. The van der Waals surface area contributed by atoms with Gasteiger partial charge in [-0.2, -0.15) is 0 Å². The summed E-state index contributed by atoms with van der Waals surface area (Å²) in [5.41, 5.74) is 5.62. The van der Waals surface area contributed by atoms with Crippen LogP contribution in [0.15, 0.2) is 0 Å². The van der Waals surface area contributed by atoms with Crippen LogP contribution in [-0.2, 0) is 0 Å². The summed E-state index contributed by atoms with van der Waals surface area (Å²) in [7, 11) is 4.58. The molecule has 2 nitrogen and oxygen atoms in total. The minimum absolute atomic E-state index is 0.810. The van der Waals surface area contributed by atoms with Crippen molar-refractivity contribution in [1.29, 1.82) is 0 Å². The Morgan fingerprint density at radius 1 is 0.667 bits per heavy atom. The summed E-state index contributed by atoms with van der Waals surface area (Å²) in [5.74, 6) is 0. The Kier molecular flexibility index (Phi) is 11.9. The molecule has 0 spiro atoms. The second-order valence-electron chi connectivity index (χ2n) is 6.35. The average molecular weight is 257 g/mol. The third-order valence-electron chi connectivity index (χ3n) is 3.85. The number of likely N-dealkylation sites (N-methyl/N-ethyl adjacent to an activating group) is 1. The molecule has 2 heteroatoms. The molecule has 0 amide bonds. The van der Waals surface area contributed by atoms with Crippen molar-refractivity contribution in [1.82, 2.24) is 0 Å². The number of nitrogens with zero attached hydrogens (tertiary/aromatic N) is 1. The van der Waals surface area contributed by atoms with Gasteiger partial charge < -0.3 is 10.2 Å². The van der Waals surface area contributed by atoms with E-state index in [1.165, 1.54) is 70.8 Å². The molecule has 18 heavy (non-hydrogen) atoms. The van der Waals surface area contributed by atoms with Gasteiger partial charge in [0.25, 0.3) is 0 Å². The van der Waals surface area contributed by atoms with E-state index in [2.05, 4.69) is 21.0 Å². The van der Waals surface area contributed by atoms with Gasteiger partial charge in [-0.05, 0) is 12.8 Å². The molecule has 0 aliphatic heterocycles. The fraction of sp³-hybridized carbons (Fsp3) is 1.00. The second-order valence-corrected chi connectivity index (χ2v) is 6.35. The second kappa shape index (κ2) is 12.0. The summed E-state index contributed by atoms with van der Waals surface area (Å²) >= 11 is 0. The molecule has 0 aromatic rings. The number of hydrogen-bond acceptors (Lipinski definition) is 1. The van der Waals surface area contributed by atoms with Gasteiger partial charge in [0, 0.05) is 6.54 Å². The predicted octanol–water partition coefficient (Wildman–Crippen LogP) is 3.94. The molecule has 0 aliphatic carbocycles. The lowest BCUT2D eigenvalue weighted by Crippen LogP contribution is -2.44. The predicted molar refractivity (Wildman–Crippen MR) is 82.7 cm³/mol. The van der Waals surface area contributed by atoms with Crippen LogP contribution < -0.4 is 5.73 Å². The van der Waals surface area contributed by atoms with Crippen LogP contribution in [0.5, 0.6) is 0 Å². The summed E-state index contributed by atoms with van der Waals surface area (Å²) in [4.78, 5) is 0. The maximum atomic E-state index is 5.62. The minimum Gasteiger partial charge on any atom is -0.327 e. The molecular weight excluding hydrogens is 220 g/mol. The summed E-state index contributed by atoms with van der Waals surface area (Å²) < 4.78 is 1.09. The van der Waals surface area contributed by atoms with E-state index in [1.807, 2.05) is 0 Å². The Morgan fingerprint density at radius 2 is 1.11 bits per heavy atom. The van der Waals surface area contributed by atoms with Crippen LogP contribution >= 0.6 is 0 Å². The highest BCUT2D eigenvalue weighted by molar-refractivity contribution is 4.47. The van der Waals surface area contributed by atoms with Crippen molar-refractivity contribution in [3.05, 3.63) is 0 Å². The topological polar surface area (TPSA) is 26.0 Å². The van der Waals surface area contributed by atoms with E-state index in [9.17, 15) is 0 Å². The van der Waals surface area contributed by atoms with Crippen LogP contribution in [0.3, 0.4) is 0 Å². The van der Waals surface area contributed by atoms with Crippen molar-refractivity contribution in [2.75, 3.05) is 33.7 Å². The van der Waals surface area contributed by atoms with E-state index < -0.39 is 0 Å². The summed E-state index contributed by atoms with van der Waals surface area (Å²) in [5, 5.41) is 0. The molecule has 0 saturated carbocycles. The zero-order valence-corrected chi connectivity index (χ0v) is 13.2. The molecule has 0 unspecified atom stereocenters. The molecule has 110 valence electrons. The van der Waals surface area contributed by atoms with Crippen molar-refractivity contribution in [2.24, 2.45) is 5.73 Å². The van der Waals surface area contributed by atoms with Crippen LogP contribution in [0.1, 0.15) is 71.1 Å². The Bertz CT molecular complexity index is 166. The maximum Gasteiger partial charge on any atom is 0.0907 e. The van der Waals surface area contributed by atoms with Gasteiger partial charge in [0.15, 0.2) is 0 Å². The van der Waals surface area contributed by atoms with Crippen LogP contribution in [0.2, 0.25) is 0 Å². The van der Waals surface area contributed by atoms with Gasteiger partial charge in [-0.15, -0.1) is 0 Å². The first-order valence-corrected chi connectivity index (χ1v) is 8.14. The molecule has 0 aromatic carbocycles. The van der Waals surface area contributed by atoms with Crippen molar-refractivity contribution < 1.29 is 4.48 Å². The molecule has 0 radical (unpaired) electrons. The van der Waals surface area contributed by atoms with Crippen molar-refractivity contribution in [3.63, 3.8) is 0 Å². The van der Waals surface area contributed by atoms with Crippen molar-refractivity contribution in [3.8, 4) is 0 Å². The Hall–Kier alpha value is -0.0800. The first kappa shape index (κ1) is 17.9. The fourth-order valence-electron chi connectivity index (χ4n) is 2.49. The quantitative estimate of drug-likeness (QED) is 0.392. The van der Waals surface area contributed by atoms with E-state index in [0.717, 1.165) is 17.6 Å². The standard InChI is InChI=1S/C16H37N2/c1-4-5-6-7-8-9-10-11-12-13-15-18(2,3)16-14-17/h4-17H2,1-3H3/q+1. The first-order chi connectivity index (χ1) is 8.62. The molecular formula is C16H37N2+. The van der Waals surface area contributed by atoms with Crippen molar-refractivity contribution in [2.45, 2.75) is 71.1 Å². The Labute approximate surface area is 116 Å². The molecule has 0 fully saturated rings. The third-order valence-corrected chi connectivity index (χ3v) is 3.85. The van der Waals surface area contributed by atoms with E-state index in [0.29, 0.717) is 0 Å². The van der Waals surface area contributed by atoms with E-state index in [1.54, 1.807) is 0 Å². The van der Waals surface area contributed by atoms with Gasteiger partial charge >= 0.3 is 0 Å². The molecule has 2 N–H and O–H groups in total. The fourth-order valence-corrected chi connectivity index (χ4v) is 2.49. The smallest absolute Gasteiger partial charge is 0.0907 e. The molecule has 0 aromatic heterocycles.